The van der Waals surface area contributed by atoms with Gasteiger partial charge in [-0.05, 0) is 36.6 Å². The Morgan fingerprint density at radius 2 is 2.11 bits per heavy atom. The number of aryl methyl sites for hydroxylation is 1. The quantitative estimate of drug-likeness (QED) is 0.839. The van der Waals surface area contributed by atoms with Gasteiger partial charge in [-0.1, -0.05) is 0 Å². The Morgan fingerprint density at radius 3 is 2.78 bits per heavy atom. The van der Waals surface area contributed by atoms with E-state index in [9.17, 15) is 18.0 Å². The number of carbonyl (C=O) groups is 1. The van der Waals surface area contributed by atoms with Crippen molar-refractivity contribution in [2.75, 3.05) is 23.8 Å². The zero-order valence-corrected chi connectivity index (χ0v) is 9.84. The van der Waals surface area contributed by atoms with E-state index in [1.807, 2.05) is 17.3 Å². The van der Waals surface area contributed by atoms with Crippen LogP contribution in [-0.4, -0.2) is 25.7 Å². The Morgan fingerprint density at radius 1 is 1.39 bits per heavy atom. The monoisotopic (exact) mass is 258 g/mol. The van der Waals surface area contributed by atoms with Gasteiger partial charge in [-0.2, -0.15) is 13.2 Å². The van der Waals surface area contributed by atoms with E-state index < -0.39 is 12.1 Å². The molecule has 98 valence electrons. The molecule has 0 saturated carbocycles. The van der Waals surface area contributed by atoms with Crippen LogP contribution in [0.15, 0.2) is 18.2 Å². The van der Waals surface area contributed by atoms with Gasteiger partial charge in [-0.25, -0.2) is 0 Å². The third-order valence-electron chi connectivity index (χ3n) is 2.95. The number of benzene rings is 1. The number of hydrogen-bond donors (Lipinski definition) is 1. The lowest BCUT2D eigenvalue weighted by molar-refractivity contribution is -0.167. The molecule has 0 unspecified atom stereocenters. The molecule has 1 heterocycles. The molecule has 18 heavy (non-hydrogen) atoms. The van der Waals surface area contributed by atoms with E-state index in [1.54, 1.807) is 12.1 Å². The van der Waals surface area contributed by atoms with Crippen LogP contribution in [0.4, 0.5) is 24.5 Å². The summed E-state index contributed by atoms with van der Waals surface area (Å²) < 4.78 is 36.3. The highest BCUT2D eigenvalue weighted by atomic mass is 19.4. The largest absolute Gasteiger partial charge is 0.471 e. The van der Waals surface area contributed by atoms with Crippen molar-refractivity contribution in [1.29, 1.82) is 0 Å². The highest BCUT2D eigenvalue weighted by Crippen LogP contribution is 2.29. The van der Waals surface area contributed by atoms with Gasteiger partial charge in [0.25, 0.3) is 0 Å². The molecule has 1 N–H and O–H groups in total. The molecule has 1 aliphatic rings. The fourth-order valence-electron chi connectivity index (χ4n) is 2.06. The molecular weight excluding hydrogens is 245 g/mol. The van der Waals surface area contributed by atoms with Crippen molar-refractivity contribution in [3.05, 3.63) is 23.8 Å². The highest BCUT2D eigenvalue weighted by molar-refractivity contribution is 5.95. The van der Waals surface area contributed by atoms with Crippen LogP contribution in [0.3, 0.4) is 0 Å². The Labute approximate surface area is 103 Å². The first-order valence-corrected chi connectivity index (χ1v) is 5.60. The SMILES string of the molecule is CN1CCCc2cc(NC(=O)C(F)(F)F)ccc21. The van der Waals surface area contributed by atoms with E-state index in [4.69, 9.17) is 0 Å². The molecule has 0 radical (unpaired) electrons. The van der Waals surface area contributed by atoms with Crippen molar-refractivity contribution in [1.82, 2.24) is 0 Å². The minimum Gasteiger partial charge on any atom is -0.374 e. The van der Waals surface area contributed by atoms with Gasteiger partial charge in [0.05, 0.1) is 0 Å². The summed E-state index contributed by atoms with van der Waals surface area (Å²) >= 11 is 0. The molecule has 0 atom stereocenters. The van der Waals surface area contributed by atoms with Crippen molar-refractivity contribution in [2.24, 2.45) is 0 Å². The average molecular weight is 258 g/mol. The fraction of sp³-hybridized carbons (Fsp3) is 0.417. The van der Waals surface area contributed by atoms with Crippen molar-refractivity contribution < 1.29 is 18.0 Å². The number of nitrogens with zero attached hydrogens (tertiary/aromatic N) is 1. The first-order chi connectivity index (χ1) is 8.38. The second-order valence-corrected chi connectivity index (χ2v) is 4.32. The van der Waals surface area contributed by atoms with Crippen molar-refractivity contribution >= 4 is 17.3 Å². The smallest absolute Gasteiger partial charge is 0.374 e. The Balaban J connectivity index is 2.19. The normalized spacial score (nSPS) is 15.2. The van der Waals surface area contributed by atoms with Crippen LogP contribution >= 0.6 is 0 Å². The summed E-state index contributed by atoms with van der Waals surface area (Å²) in [5.41, 5.74) is 2.15. The van der Waals surface area contributed by atoms with E-state index in [2.05, 4.69) is 0 Å². The molecule has 2 rings (SSSR count). The lowest BCUT2D eigenvalue weighted by Crippen LogP contribution is -2.30. The van der Waals surface area contributed by atoms with E-state index in [-0.39, 0.29) is 5.69 Å². The molecule has 1 aromatic rings. The number of fused-ring (bicyclic) bond motifs is 1. The molecule has 6 heteroatoms. The zero-order chi connectivity index (χ0) is 13.3. The number of hydrogen-bond acceptors (Lipinski definition) is 2. The van der Waals surface area contributed by atoms with Gasteiger partial charge in [0.15, 0.2) is 0 Å². The maximum Gasteiger partial charge on any atom is 0.471 e. The molecule has 0 aliphatic carbocycles. The van der Waals surface area contributed by atoms with E-state index >= 15 is 0 Å². The van der Waals surface area contributed by atoms with Gasteiger partial charge in [0.1, 0.15) is 0 Å². The number of carbonyl (C=O) groups excluding carboxylic acids is 1. The van der Waals surface area contributed by atoms with E-state index in [0.29, 0.717) is 0 Å². The van der Waals surface area contributed by atoms with Crippen LogP contribution < -0.4 is 10.2 Å². The number of amides is 1. The van der Waals surface area contributed by atoms with Gasteiger partial charge < -0.3 is 10.2 Å². The Bertz CT molecular complexity index is 471. The average Bonchev–Trinajstić information content (AvgIpc) is 2.28. The Kier molecular flexibility index (Phi) is 3.19. The van der Waals surface area contributed by atoms with Crippen LogP contribution in [0.5, 0.6) is 0 Å². The third-order valence-corrected chi connectivity index (χ3v) is 2.95. The van der Waals surface area contributed by atoms with Crippen LogP contribution in [0.1, 0.15) is 12.0 Å². The molecular formula is C12H13F3N2O. The summed E-state index contributed by atoms with van der Waals surface area (Å²) in [7, 11) is 1.94. The van der Waals surface area contributed by atoms with Crippen LogP contribution in [0, 0.1) is 0 Å². The molecule has 0 aromatic heterocycles. The van der Waals surface area contributed by atoms with Gasteiger partial charge >= 0.3 is 12.1 Å². The number of anilines is 2. The minimum atomic E-state index is -4.85. The number of alkyl halides is 3. The molecule has 0 saturated heterocycles. The lowest BCUT2D eigenvalue weighted by atomic mass is 10.0. The van der Waals surface area contributed by atoms with Gasteiger partial charge in [-0.3, -0.25) is 4.79 Å². The second kappa shape index (κ2) is 4.51. The second-order valence-electron chi connectivity index (χ2n) is 4.32. The van der Waals surface area contributed by atoms with Crippen LogP contribution in [0.25, 0.3) is 0 Å². The predicted octanol–water partition coefficient (Wildman–Crippen LogP) is 2.57. The predicted molar refractivity (Wildman–Crippen MR) is 62.7 cm³/mol. The van der Waals surface area contributed by atoms with E-state index in [0.717, 1.165) is 30.6 Å². The number of rotatable bonds is 1. The molecule has 1 aliphatic heterocycles. The molecule has 3 nitrogen and oxygen atoms in total. The minimum absolute atomic E-state index is 0.186. The summed E-state index contributed by atoms with van der Waals surface area (Å²) in [5, 5.41) is 1.86. The fourth-order valence-corrected chi connectivity index (χ4v) is 2.06. The summed E-state index contributed by atoms with van der Waals surface area (Å²) in [5.74, 6) is -1.94. The van der Waals surface area contributed by atoms with Crippen LogP contribution in [-0.2, 0) is 11.2 Å². The lowest BCUT2D eigenvalue weighted by Gasteiger charge is -2.27. The maximum atomic E-state index is 12.1. The standard InChI is InChI=1S/C12H13F3N2O/c1-17-6-2-3-8-7-9(4-5-10(8)17)16-11(18)12(13,14)15/h4-5,7H,2-3,6H2,1H3,(H,16,18). The van der Waals surface area contributed by atoms with Crippen molar-refractivity contribution in [3.8, 4) is 0 Å². The summed E-state index contributed by atoms with van der Waals surface area (Å²) in [4.78, 5) is 12.9. The van der Waals surface area contributed by atoms with Gasteiger partial charge in [0, 0.05) is 25.0 Å². The first kappa shape index (κ1) is 12.7. The third kappa shape index (κ3) is 2.57. The molecule has 1 amide bonds. The molecule has 0 spiro atoms. The van der Waals surface area contributed by atoms with Crippen molar-refractivity contribution in [2.45, 2.75) is 19.0 Å². The van der Waals surface area contributed by atoms with E-state index in [1.165, 1.54) is 6.07 Å². The van der Waals surface area contributed by atoms with Gasteiger partial charge in [0.2, 0.25) is 0 Å². The van der Waals surface area contributed by atoms with Crippen molar-refractivity contribution in [3.63, 3.8) is 0 Å². The Hall–Kier alpha value is -1.72. The topological polar surface area (TPSA) is 32.3 Å². The van der Waals surface area contributed by atoms with Gasteiger partial charge in [-0.15, -0.1) is 0 Å². The molecule has 1 aromatic carbocycles. The highest BCUT2D eigenvalue weighted by Gasteiger charge is 2.38. The molecule has 0 bridgehead atoms. The maximum absolute atomic E-state index is 12.1. The summed E-state index contributed by atoms with van der Waals surface area (Å²) in [6.07, 6.45) is -3.08. The summed E-state index contributed by atoms with van der Waals surface area (Å²) in [6, 6.07) is 4.83. The zero-order valence-electron chi connectivity index (χ0n) is 9.84. The first-order valence-electron chi connectivity index (χ1n) is 5.60. The van der Waals surface area contributed by atoms with Crippen LogP contribution in [0.2, 0.25) is 0 Å². The number of nitrogens with one attached hydrogen (secondary N) is 1. The summed E-state index contributed by atoms with van der Waals surface area (Å²) in [6.45, 7) is 0.932. The molecule has 0 fully saturated rings. The number of halogens is 3.